The second-order valence-corrected chi connectivity index (χ2v) is 12.9. The zero-order valence-electron chi connectivity index (χ0n) is 28.9. The predicted molar refractivity (Wildman–Crippen MR) is 181 cm³/mol. The first-order valence-corrected chi connectivity index (χ1v) is 17.1. The number of aromatic nitrogens is 6. The smallest absolute Gasteiger partial charge is 0.435 e. The number of nitriles is 1. The number of pyridine rings is 2. The van der Waals surface area contributed by atoms with Crippen LogP contribution in [0.25, 0.3) is 11.3 Å². The number of anilines is 2. The van der Waals surface area contributed by atoms with Crippen molar-refractivity contribution in [3.05, 3.63) is 41.9 Å². The summed E-state index contributed by atoms with van der Waals surface area (Å²) in [4.78, 5) is 22.3. The van der Waals surface area contributed by atoms with Crippen molar-refractivity contribution in [2.24, 2.45) is 5.41 Å². The van der Waals surface area contributed by atoms with Crippen molar-refractivity contribution in [1.82, 2.24) is 35.5 Å². The number of aryl methyl sites for hydroxylation is 1. The number of carbonyl (C=O) groups excluding carboxylic acids is 1. The van der Waals surface area contributed by atoms with Gasteiger partial charge in [0.15, 0.2) is 0 Å². The summed E-state index contributed by atoms with van der Waals surface area (Å²) in [7, 11) is 0. The van der Waals surface area contributed by atoms with Gasteiger partial charge in [0.2, 0.25) is 12.1 Å². The van der Waals surface area contributed by atoms with Crippen LogP contribution < -0.4 is 16.0 Å². The lowest BCUT2D eigenvalue weighted by Crippen LogP contribution is -2.43. The molecule has 15 heteroatoms. The number of hydrogen-bond acceptors (Lipinski definition) is 14. The van der Waals surface area contributed by atoms with E-state index >= 15 is 0 Å². The van der Waals surface area contributed by atoms with E-state index < -0.39 is 17.8 Å². The van der Waals surface area contributed by atoms with Crippen LogP contribution >= 0.6 is 0 Å². The standard InChI is InChI=1S/C34H48N10O5/c1-5-48-33(45)49-25(4)44-42-32(41-43-44)20-47-19-24(3)38-26-9-11-27(12-10-26)39-31-17-28(23(2)18-36-31)29-7-6-8-30(40-29)37-22-34(21-35)13-15-46-16-14-34/h6-8,17-18,24-27,38H,5,9-16,19-20,22H2,1-4H3,(H,36,39)(H,37,40)/t24-,25-,26-,27-/m0/s1. The van der Waals surface area contributed by atoms with E-state index in [1.807, 2.05) is 31.3 Å². The van der Waals surface area contributed by atoms with Gasteiger partial charge in [-0.05, 0) is 95.2 Å². The number of carbonyl (C=O) groups is 1. The Hall–Kier alpha value is -4.39. The molecule has 0 aromatic carbocycles. The van der Waals surface area contributed by atoms with Gasteiger partial charge in [-0.3, -0.25) is 0 Å². The van der Waals surface area contributed by atoms with Crippen molar-refractivity contribution in [1.29, 1.82) is 5.26 Å². The number of rotatable bonds is 15. The first kappa shape index (κ1) is 35.9. The molecule has 49 heavy (non-hydrogen) atoms. The molecule has 5 rings (SSSR count). The van der Waals surface area contributed by atoms with E-state index in [-0.39, 0.29) is 19.3 Å². The van der Waals surface area contributed by atoms with Gasteiger partial charge in [0.25, 0.3) is 0 Å². The fourth-order valence-corrected chi connectivity index (χ4v) is 6.11. The Morgan fingerprint density at radius 1 is 1.16 bits per heavy atom. The molecular formula is C34H48N10O5. The largest absolute Gasteiger partial charge is 0.510 e. The minimum Gasteiger partial charge on any atom is -0.435 e. The lowest BCUT2D eigenvalue weighted by atomic mass is 9.82. The quantitative estimate of drug-likeness (QED) is 0.187. The van der Waals surface area contributed by atoms with Crippen LogP contribution in [0.15, 0.2) is 30.5 Å². The lowest BCUT2D eigenvalue weighted by Gasteiger charge is -2.32. The summed E-state index contributed by atoms with van der Waals surface area (Å²) in [5, 5.41) is 32.7. The van der Waals surface area contributed by atoms with Gasteiger partial charge in [-0.25, -0.2) is 14.8 Å². The molecule has 0 amide bonds. The maximum Gasteiger partial charge on any atom is 0.510 e. The molecule has 264 valence electrons. The third kappa shape index (κ3) is 10.3. The molecule has 1 aliphatic carbocycles. The minimum absolute atomic E-state index is 0.150. The average Bonchev–Trinajstić information content (AvgIpc) is 3.59. The fourth-order valence-electron chi connectivity index (χ4n) is 6.11. The molecule has 1 saturated heterocycles. The van der Waals surface area contributed by atoms with Gasteiger partial charge in [-0.15, -0.1) is 15.0 Å². The first-order chi connectivity index (χ1) is 23.8. The second kappa shape index (κ2) is 17.3. The number of hydrogen-bond donors (Lipinski definition) is 3. The second-order valence-electron chi connectivity index (χ2n) is 12.9. The van der Waals surface area contributed by atoms with Gasteiger partial charge >= 0.3 is 6.16 Å². The SMILES string of the molecule is CCOC(=O)O[C@@H](C)n1nnc(COC[C@H](C)N[C@H]2CC[C@H](Nc3cc(-c4cccc(NCC5(C#N)CCOCC5)n4)c(C)cn3)CC2)n1. The molecule has 1 saturated carbocycles. The molecule has 4 heterocycles. The van der Waals surface area contributed by atoms with Crippen molar-refractivity contribution >= 4 is 17.8 Å². The Bertz CT molecular complexity index is 1550. The van der Waals surface area contributed by atoms with E-state index in [4.69, 9.17) is 23.9 Å². The van der Waals surface area contributed by atoms with Gasteiger partial charge in [-0.1, -0.05) is 6.07 Å². The Labute approximate surface area is 287 Å². The van der Waals surface area contributed by atoms with E-state index in [2.05, 4.69) is 55.4 Å². The summed E-state index contributed by atoms with van der Waals surface area (Å²) in [6.07, 6.45) is 5.97. The Morgan fingerprint density at radius 3 is 2.69 bits per heavy atom. The molecule has 3 N–H and O–H groups in total. The van der Waals surface area contributed by atoms with Gasteiger partial charge in [0.1, 0.15) is 18.2 Å². The Kier molecular flexibility index (Phi) is 12.7. The summed E-state index contributed by atoms with van der Waals surface area (Å²) in [5.41, 5.74) is 2.53. The van der Waals surface area contributed by atoms with Crippen LogP contribution in [0.4, 0.5) is 16.4 Å². The molecule has 3 aromatic rings. The monoisotopic (exact) mass is 676 g/mol. The molecule has 0 spiro atoms. The molecule has 1 aliphatic heterocycles. The fraction of sp³-hybridized carbons (Fsp3) is 0.618. The van der Waals surface area contributed by atoms with E-state index in [1.165, 1.54) is 4.80 Å². The van der Waals surface area contributed by atoms with Crippen LogP contribution in [-0.2, 0) is 25.6 Å². The molecule has 0 unspecified atom stereocenters. The van der Waals surface area contributed by atoms with Crippen LogP contribution in [-0.4, -0.2) is 87.4 Å². The first-order valence-electron chi connectivity index (χ1n) is 17.1. The van der Waals surface area contributed by atoms with Gasteiger partial charge in [0.05, 0.1) is 30.4 Å². The van der Waals surface area contributed by atoms with E-state index in [0.717, 1.165) is 67.0 Å². The maximum absolute atomic E-state index is 11.5. The van der Waals surface area contributed by atoms with Gasteiger partial charge in [-0.2, -0.15) is 5.26 Å². The lowest BCUT2D eigenvalue weighted by molar-refractivity contribution is -0.00552. The number of ether oxygens (including phenoxy) is 4. The number of nitrogens with zero attached hydrogens (tertiary/aromatic N) is 7. The highest BCUT2D eigenvalue weighted by molar-refractivity contribution is 5.68. The summed E-state index contributed by atoms with van der Waals surface area (Å²) < 4.78 is 21.2. The van der Waals surface area contributed by atoms with Crippen LogP contribution in [0.3, 0.4) is 0 Å². The predicted octanol–water partition coefficient (Wildman–Crippen LogP) is 4.78. The highest BCUT2D eigenvalue weighted by Gasteiger charge is 2.32. The van der Waals surface area contributed by atoms with Crippen LogP contribution in [0, 0.1) is 23.7 Å². The number of nitrogens with one attached hydrogen (secondary N) is 3. The van der Waals surface area contributed by atoms with E-state index in [1.54, 1.807) is 13.8 Å². The number of tetrazole rings is 1. The Balaban J connectivity index is 1.04. The van der Waals surface area contributed by atoms with Gasteiger partial charge in [0, 0.05) is 49.6 Å². The Morgan fingerprint density at radius 2 is 1.94 bits per heavy atom. The topological polar surface area (TPSA) is 183 Å². The summed E-state index contributed by atoms with van der Waals surface area (Å²) in [6.45, 7) is 10.2. The molecular weight excluding hydrogens is 628 g/mol. The van der Waals surface area contributed by atoms with Crippen molar-refractivity contribution in [2.45, 2.75) is 97.2 Å². The normalized spacial score (nSPS) is 20.1. The average molecular weight is 677 g/mol. The van der Waals surface area contributed by atoms with Gasteiger partial charge < -0.3 is 34.9 Å². The zero-order chi connectivity index (χ0) is 34.6. The maximum atomic E-state index is 11.5. The molecule has 3 aromatic heterocycles. The summed E-state index contributed by atoms with van der Waals surface area (Å²) in [6, 6.07) is 11.4. The van der Waals surface area contributed by atoms with Crippen molar-refractivity contribution < 1.29 is 23.7 Å². The van der Waals surface area contributed by atoms with Crippen LogP contribution in [0.1, 0.15) is 76.9 Å². The van der Waals surface area contributed by atoms with Crippen molar-refractivity contribution in [2.75, 3.05) is 43.6 Å². The molecule has 2 fully saturated rings. The third-order valence-electron chi connectivity index (χ3n) is 8.95. The summed E-state index contributed by atoms with van der Waals surface area (Å²) >= 11 is 0. The zero-order valence-corrected chi connectivity index (χ0v) is 28.9. The van der Waals surface area contributed by atoms with E-state index in [9.17, 15) is 10.1 Å². The molecule has 0 radical (unpaired) electrons. The molecule has 2 atom stereocenters. The highest BCUT2D eigenvalue weighted by atomic mass is 16.7. The van der Waals surface area contributed by atoms with Crippen LogP contribution in [0.2, 0.25) is 0 Å². The molecule has 0 bridgehead atoms. The van der Waals surface area contributed by atoms with E-state index in [0.29, 0.717) is 44.3 Å². The third-order valence-corrected chi connectivity index (χ3v) is 8.95. The molecule has 2 aliphatic rings. The molecule has 15 nitrogen and oxygen atoms in total. The summed E-state index contributed by atoms with van der Waals surface area (Å²) in [5.74, 6) is 2.01. The minimum atomic E-state index is -0.780. The highest BCUT2D eigenvalue weighted by Crippen LogP contribution is 2.31. The van der Waals surface area contributed by atoms with Crippen molar-refractivity contribution in [3.8, 4) is 17.3 Å². The van der Waals surface area contributed by atoms with Crippen molar-refractivity contribution in [3.63, 3.8) is 0 Å². The van der Waals surface area contributed by atoms with Crippen LogP contribution in [0.5, 0.6) is 0 Å².